The summed E-state index contributed by atoms with van der Waals surface area (Å²) in [7, 11) is 1.49. The molecule has 3 N–H and O–H groups in total. The Labute approximate surface area is 103 Å². The van der Waals surface area contributed by atoms with Gasteiger partial charge >= 0.3 is 0 Å². The number of halogens is 1. The van der Waals surface area contributed by atoms with Crippen molar-refractivity contribution >= 4 is 33.2 Å². The minimum Gasteiger partial charge on any atom is -0.397 e. The number of methoxy groups -OCH3 is 1. The van der Waals surface area contributed by atoms with Crippen molar-refractivity contribution in [3.05, 3.63) is 22.2 Å². The zero-order valence-electron chi connectivity index (χ0n) is 9.50. The number of ether oxygens (including phenoxy) is 1. The number of rotatable bonds is 3. The Kier molecular flexibility index (Phi) is 4.32. The third-order valence-corrected chi connectivity index (χ3v) is 2.79. The second kappa shape index (κ2) is 5.32. The van der Waals surface area contributed by atoms with E-state index >= 15 is 0 Å². The quantitative estimate of drug-likeness (QED) is 0.838. The summed E-state index contributed by atoms with van der Waals surface area (Å²) < 4.78 is 5.79. The van der Waals surface area contributed by atoms with E-state index in [2.05, 4.69) is 21.2 Å². The van der Waals surface area contributed by atoms with Crippen molar-refractivity contribution in [2.24, 2.45) is 0 Å². The Morgan fingerprint density at radius 1 is 1.56 bits per heavy atom. The number of aryl methyl sites for hydroxylation is 1. The van der Waals surface area contributed by atoms with Crippen LogP contribution in [0.5, 0.6) is 0 Å². The molecule has 0 radical (unpaired) electrons. The van der Waals surface area contributed by atoms with E-state index in [1.165, 1.54) is 7.11 Å². The Hall–Kier alpha value is -1.07. The van der Waals surface area contributed by atoms with E-state index in [1.807, 2.05) is 13.0 Å². The van der Waals surface area contributed by atoms with Gasteiger partial charge in [-0.1, -0.05) is 15.9 Å². The zero-order valence-corrected chi connectivity index (χ0v) is 11.1. The molecule has 0 aliphatic heterocycles. The van der Waals surface area contributed by atoms with Crippen molar-refractivity contribution in [2.75, 3.05) is 18.2 Å². The molecule has 1 unspecified atom stereocenters. The predicted octanol–water partition coefficient (Wildman–Crippen LogP) is 2.31. The number of nitrogen functional groups attached to an aromatic ring is 1. The fraction of sp³-hybridized carbons (Fsp3) is 0.364. The maximum atomic E-state index is 11.6. The highest BCUT2D eigenvalue weighted by molar-refractivity contribution is 9.10. The van der Waals surface area contributed by atoms with Crippen LogP contribution in [0.3, 0.4) is 0 Å². The van der Waals surface area contributed by atoms with Gasteiger partial charge in [0.25, 0.3) is 5.91 Å². The number of carbonyl (C=O) groups excluding carboxylic acids is 1. The Balaban J connectivity index is 2.93. The lowest BCUT2D eigenvalue weighted by molar-refractivity contribution is -0.124. The number of hydrogen-bond donors (Lipinski definition) is 2. The van der Waals surface area contributed by atoms with E-state index in [0.29, 0.717) is 11.4 Å². The van der Waals surface area contributed by atoms with Crippen LogP contribution >= 0.6 is 15.9 Å². The molecule has 1 atom stereocenters. The molecule has 0 bridgehead atoms. The maximum absolute atomic E-state index is 11.6. The standard InChI is InChI=1S/C11H15BrN2O2/c1-6-4-8(12)5-9(10(6)13)14-11(15)7(2)16-3/h4-5,7H,13H2,1-3H3,(H,14,15). The molecule has 5 heteroatoms. The summed E-state index contributed by atoms with van der Waals surface area (Å²) in [6.07, 6.45) is -0.501. The fourth-order valence-electron chi connectivity index (χ4n) is 1.20. The normalized spacial score (nSPS) is 12.2. The first kappa shape index (κ1) is 13.0. The van der Waals surface area contributed by atoms with Gasteiger partial charge in [0.05, 0.1) is 11.4 Å². The lowest BCUT2D eigenvalue weighted by atomic mass is 10.1. The van der Waals surface area contributed by atoms with Gasteiger partial charge in [0, 0.05) is 11.6 Å². The second-order valence-corrected chi connectivity index (χ2v) is 4.47. The minimum absolute atomic E-state index is 0.216. The molecule has 0 aromatic heterocycles. The van der Waals surface area contributed by atoms with Crippen molar-refractivity contribution in [3.63, 3.8) is 0 Å². The van der Waals surface area contributed by atoms with Gasteiger partial charge in [-0.3, -0.25) is 4.79 Å². The molecule has 0 aliphatic rings. The van der Waals surface area contributed by atoms with Crippen LogP contribution < -0.4 is 11.1 Å². The molecule has 4 nitrogen and oxygen atoms in total. The van der Waals surface area contributed by atoms with Crippen LogP contribution in [-0.2, 0) is 9.53 Å². The third kappa shape index (κ3) is 2.96. The van der Waals surface area contributed by atoms with Gasteiger partial charge in [0.15, 0.2) is 0 Å². The molecule has 1 aromatic rings. The molecule has 0 fully saturated rings. The number of anilines is 2. The van der Waals surface area contributed by atoms with Crippen LogP contribution in [0, 0.1) is 6.92 Å². The highest BCUT2D eigenvalue weighted by atomic mass is 79.9. The van der Waals surface area contributed by atoms with Crippen LogP contribution in [0.15, 0.2) is 16.6 Å². The summed E-state index contributed by atoms with van der Waals surface area (Å²) in [5, 5.41) is 2.72. The Bertz CT molecular complexity index is 407. The van der Waals surface area contributed by atoms with Crippen molar-refractivity contribution in [1.29, 1.82) is 0 Å². The lowest BCUT2D eigenvalue weighted by Crippen LogP contribution is -2.27. The van der Waals surface area contributed by atoms with Crippen LogP contribution in [0.2, 0.25) is 0 Å². The molecule has 0 spiro atoms. The molecule has 0 aliphatic carbocycles. The van der Waals surface area contributed by atoms with Gasteiger partial charge in [-0.25, -0.2) is 0 Å². The first-order valence-electron chi connectivity index (χ1n) is 4.85. The van der Waals surface area contributed by atoms with Crippen molar-refractivity contribution in [1.82, 2.24) is 0 Å². The van der Waals surface area contributed by atoms with Crippen molar-refractivity contribution < 1.29 is 9.53 Å². The minimum atomic E-state index is -0.501. The van der Waals surface area contributed by atoms with E-state index < -0.39 is 6.10 Å². The van der Waals surface area contributed by atoms with E-state index in [0.717, 1.165) is 10.0 Å². The van der Waals surface area contributed by atoms with E-state index in [-0.39, 0.29) is 5.91 Å². The zero-order chi connectivity index (χ0) is 12.3. The number of nitrogens with two attached hydrogens (primary N) is 1. The van der Waals surface area contributed by atoms with E-state index in [1.54, 1.807) is 13.0 Å². The Morgan fingerprint density at radius 2 is 2.19 bits per heavy atom. The molecule has 16 heavy (non-hydrogen) atoms. The van der Waals surface area contributed by atoms with Gasteiger partial charge < -0.3 is 15.8 Å². The summed E-state index contributed by atoms with van der Waals surface area (Å²) in [4.78, 5) is 11.6. The number of benzene rings is 1. The molecule has 0 saturated heterocycles. The molecule has 1 rings (SSSR count). The Morgan fingerprint density at radius 3 is 2.75 bits per heavy atom. The maximum Gasteiger partial charge on any atom is 0.253 e. The molecule has 1 aromatic carbocycles. The molecule has 0 saturated carbocycles. The largest absolute Gasteiger partial charge is 0.397 e. The molecule has 0 heterocycles. The monoisotopic (exact) mass is 286 g/mol. The van der Waals surface area contributed by atoms with Crippen LogP contribution in [0.4, 0.5) is 11.4 Å². The van der Waals surface area contributed by atoms with Crippen LogP contribution in [-0.4, -0.2) is 19.1 Å². The van der Waals surface area contributed by atoms with Crippen LogP contribution in [0.1, 0.15) is 12.5 Å². The summed E-state index contributed by atoms with van der Waals surface area (Å²) in [5.74, 6) is -0.216. The molecule has 1 amide bonds. The number of amides is 1. The second-order valence-electron chi connectivity index (χ2n) is 3.55. The lowest BCUT2D eigenvalue weighted by Gasteiger charge is -2.14. The third-order valence-electron chi connectivity index (χ3n) is 2.33. The number of nitrogens with one attached hydrogen (secondary N) is 1. The smallest absolute Gasteiger partial charge is 0.253 e. The number of carbonyl (C=O) groups is 1. The van der Waals surface area contributed by atoms with Crippen molar-refractivity contribution in [2.45, 2.75) is 20.0 Å². The highest BCUT2D eigenvalue weighted by Gasteiger charge is 2.13. The summed E-state index contributed by atoms with van der Waals surface area (Å²) in [5.41, 5.74) is 7.94. The average molecular weight is 287 g/mol. The SMILES string of the molecule is COC(C)C(=O)Nc1cc(Br)cc(C)c1N. The highest BCUT2D eigenvalue weighted by Crippen LogP contribution is 2.27. The average Bonchev–Trinajstić information content (AvgIpc) is 2.23. The molecular weight excluding hydrogens is 272 g/mol. The van der Waals surface area contributed by atoms with Crippen molar-refractivity contribution in [3.8, 4) is 0 Å². The summed E-state index contributed by atoms with van der Waals surface area (Å²) in [6.45, 7) is 3.56. The first-order valence-corrected chi connectivity index (χ1v) is 5.64. The molecular formula is C11H15BrN2O2. The van der Waals surface area contributed by atoms with Gasteiger partial charge in [-0.05, 0) is 31.5 Å². The van der Waals surface area contributed by atoms with Crippen LogP contribution in [0.25, 0.3) is 0 Å². The number of hydrogen-bond acceptors (Lipinski definition) is 3. The fourth-order valence-corrected chi connectivity index (χ4v) is 1.77. The van der Waals surface area contributed by atoms with Gasteiger partial charge in [0.2, 0.25) is 0 Å². The van der Waals surface area contributed by atoms with Gasteiger partial charge in [-0.2, -0.15) is 0 Å². The van der Waals surface area contributed by atoms with E-state index in [4.69, 9.17) is 10.5 Å². The van der Waals surface area contributed by atoms with Gasteiger partial charge in [-0.15, -0.1) is 0 Å². The first-order chi connectivity index (χ1) is 7.45. The van der Waals surface area contributed by atoms with E-state index in [9.17, 15) is 4.79 Å². The summed E-state index contributed by atoms with van der Waals surface area (Å²) in [6, 6.07) is 3.66. The summed E-state index contributed by atoms with van der Waals surface area (Å²) >= 11 is 3.35. The van der Waals surface area contributed by atoms with Gasteiger partial charge in [0.1, 0.15) is 6.10 Å². The predicted molar refractivity (Wildman–Crippen MR) is 68.4 cm³/mol. The topological polar surface area (TPSA) is 64.3 Å². The molecule has 88 valence electrons.